The van der Waals surface area contributed by atoms with Crippen LogP contribution in [0.25, 0.3) is 0 Å². The minimum Gasteiger partial charge on any atom is -0.491 e. The van der Waals surface area contributed by atoms with Crippen LogP contribution in [0.1, 0.15) is 31.9 Å². The van der Waals surface area contributed by atoms with Gasteiger partial charge in [0.25, 0.3) is 0 Å². The number of benzene rings is 2. The van der Waals surface area contributed by atoms with Crippen LogP contribution in [-0.4, -0.2) is 24.3 Å². The highest BCUT2D eigenvalue weighted by molar-refractivity contribution is 5.68. The van der Waals surface area contributed by atoms with Crippen LogP contribution < -0.4 is 10.1 Å². The maximum absolute atomic E-state index is 12.1. The van der Waals surface area contributed by atoms with Crippen molar-refractivity contribution in [2.45, 2.75) is 38.8 Å². The first kappa shape index (κ1) is 19.3. The third-order valence-electron chi connectivity index (χ3n) is 3.46. The molecule has 5 nitrogen and oxygen atoms in total. The Morgan fingerprint density at radius 1 is 1.15 bits per heavy atom. The van der Waals surface area contributed by atoms with E-state index in [1.807, 2.05) is 51.1 Å². The number of alkyl carbamates (subject to hydrolysis) is 1. The molecule has 0 bridgehead atoms. The lowest BCUT2D eigenvalue weighted by molar-refractivity contribution is 0.0488. The maximum atomic E-state index is 12.1. The lowest BCUT2D eigenvalue weighted by Gasteiger charge is -2.24. The first-order valence-corrected chi connectivity index (χ1v) is 8.52. The second-order valence-corrected chi connectivity index (χ2v) is 6.98. The Bertz CT molecular complexity index is 761. The van der Waals surface area contributed by atoms with E-state index in [-0.39, 0.29) is 12.6 Å². The molecule has 0 fully saturated rings. The smallest absolute Gasteiger partial charge is 0.408 e. The normalized spacial score (nSPS) is 11.9. The van der Waals surface area contributed by atoms with Gasteiger partial charge in [-0.15, -0.1) is 0 Å². The Balaban J connectivity index is 2.04. The standard InChI is InChI=1S/C21H24N2O3/c1-21(2,3)26-20(24)23-18(12-16-8-5-4-6-9-16)15-25-19-11-7-10-17(13-19)14-22/h4-11,13,18H,12,15H2,1-3H3,(H,23,24)/t18-/m1/s1. The molecule has 5 heteroatoms. The Morgan fingerprint density at radius 3 is 2.54 bits per heavy atom. The van der Waals surface area contributed by atoms with Crippen LogP contribution in [0, 0.1) is 11.3 Å². The van der Waals surface area contributed by atoms with Crippen LogP contribution in [0.5, 0.6) is 5.75 Å². The summed E-state index contributed by atoms with van der Waals surface area (Å²) in [5.74, 6) is 0.591. The molecule has 0 aromatic heterocycles. The number of hydrogen-bond donors (Lipinski definition) is 1. The molecule has 0 heterocycles. The summed E-state index contributed by atoms with van der Waals surface area (Å²) in [5, 5.41) is 11.9. The molecule has 1 atom stereocenters. The molecule has 0 spiro atoms. The number of carbonyl (C=O) groups excluding carboxylic acids is 1. The summed E-state index contributed by atoms with van der Waals surface area (Å²) < 4.78 is 11.1. The van der Waals surface area contributed by atoms with Crippen LogP contribution in [0.4, 0.5) is 4.79 Å². The van der Waals surface area contributed by atoms with Crippen LogP contribution in [0.15, 0.2) is 54.6 Å². The Hall–Kier alpha value is -3.00. The highest BCUT2D eigenvalue weighted by atomic mass is 16.6. The second-order valence-electron chi connectivity index (χ2n) is 6.98. The van der Waals surface area contributed by atoms with Crippen molar-refractivity contribution in [2.24, 2.45) is 0 Å². The van der Waals surface area contributed by atoms with E-state index in [1.54, 1.807) is 24.3 Å². The van der Waals surface area contributed by atoms with Crippen molar-refractivity contribution >= 4 is 6.09 Å². The van der Waals surface area contributed by atoms with Crippen molar-refractivity contribution in [3.05, 3.63) is 65.7 Å². The maximum Gasteiger partial charge on any atom is 0.408 e. The van der Waals surface area contributed by atoms with E-state index in [9.17, 15) is 4.79 Å². The van der Waals surface area contributed by atoms with Crippen molar-refractivity contribution in [3.63, 3.8) is 0 Å². The van der Waals surface area contributed by atoms with Crippen molar-refractivity contribution in [1.82, 2.24) is 5.32 Å². The quantitative estimate of drug-likeness (QED) is 0.850. The summed E-state index contributed by atoms with van der Waals surface area (Å²) in [5.41, 5.74) is 1.05. The van der Waals surface area contributed by atoms with Crippen LogP contribution in [0.3, 0.4) is 0 Å². The van der Waals surface area contributed by atoms with Gasteiger partial charge in [-0.1, -0.05) is 36.4 Å². The van der Waals surface area contributed by atoms with E-state index >= 15 is 0 Å². The highest BCUT2D eigenvalue weighted by Gasteiger charge is 2.20. The van der Waals surface area contributed by atoms with Crippen molar-refractivity contribution in [1.29, 1.82) is 5.26 Å². The molecule has 2 aromatic carbocycles. The van der Waals surface area contributed by atoms with Gasteiger partial charge in [0.05, 0.1) is 17.7 Å². The molecule has 0 unspecified atom stereocenters. The summed E-state index contributed by atoms with van der Waals surface area (Å²) in [6.07, 6.45) is 0.130. The molecule has 26 heavy (non-hydrogen) atoms. The van der Waals surface area contributed by atoms with Crippen molar-refractivity contribution in [3.8, 4) is 11.8 Å². The first-order valence-electron chi connectivity index (χ1n) is 8.52. The third kappa shape index (κ3) is 6.86. The van der Waals surface area contributed by atoms with E-state index in [4.69, 9.17) is 14.7 Å². The third-order valence-corrected chi connectivity index (χ3v) is 3.46. The average Bonchev–Trinajstić information content (AvgIpc) is 2.59. The van der Waals surface area contributed by atoms with E-state index in [0.717, 1.165) is 5.56 Å². The Morgan fingerprint density at radius 2 is 1.88 bits per heavy atom. The van der Waals surface area contributed by atoms with E-state index in [1.165, 1.54) is 0 Å². The van der Waals surface area contributed by atoms with E-state index < -0.39 is 11.7 Å². The van der Waals surface area contributed by atoms with Gasteiger partial charge in [0, 0.05) is 0 Å². The number of nitriles is 1. The van der Waals surface area contributed by atoms with Crippen LogP contribution in [0.2, 0.25) is 0 Å². The van der Waals surface area contributed by atoms with Gasteiger partial charge in [0.1, 0.15) is 18.0 Å². The number of hydrogen-bond acceptors (Lipinski definition) is 4. The molecule has 0 aliphatic heterocycles. The van der Waals surface area contributed by atoms with Gasteiger partial charge in [-0.2, -0.15) is 5.26 Å². The lowest BCUT2D eigenvalue weighted by Crippen LogP contribution is -2.43. The minimum atomic E-state index is -0.566. The number of nitrogens with zero attached hydrogens (tertiary/aromatic N) is 1. The molecular weight excluding hydrogens is 328 g/mol. The fraction of sp³-hybridized carbons (Fsp3) is 0.333. The predicted octanol–water partition coefficient (Wildman–Crippen LogP) is 4.07. The zero-order valence-electron chi connectivity index (χ0n) is 15.4. The molecule has 0 saturated heterocycles. The summed E-state index contributed by atoms with van der Waals surface area (Å²) in [7, 11) is 0. The summed E-state index contributed by atoms with van der Waals surface area (Å²) in [4.78, 5) is 12.1. The second kappa shape index (κ2) is 8.91. The molecule has 0 radical (unpaired) electrons. The monoisotopic (exact) mass is 352 g/mol. The number of ether oxygens (including phenoxy) is 2. The summed E-state index contributed by atoms with van der Waals surface area (Å²) in [6.45, 7) is 5.73. The molecule has 136 valence electrons. The van der Waals surface area contributed by atoms with Gasteiger partial charge >= 0.3 is 6.09 Å². The highest BCUT2D eigenvalue weighted by Crippen LogP contribution is 2.14. The minimum absolute atomic E-state index is 0.266. The molecular formula is C21H24N2O3. The number of rotatable bonds is 6. The molecule has 0 saturated carbocycles. The average molecular weight is 352 g/mol. The van der Waals surface area contributed by atoms with E-state index in [0.29, 0.717) is 17.7 Å². The molecule has 0 aliphatic carbocycles. The predicted molar refractivity (Wildman–Crippen MR) is 100.0 cm³/mol. The van der Waals surface area contributed by atoms with Gasteiger partial charge in [-0.05, 0) is 51.0 Å². The fourth-order valence-corrected chi connectivity index (χ4v) is 2.38. The number of amides is 1. The van der Waals surface area contributed by atoms with Gasteiger partial charge in [-0.25, -0.2) is 4.79 Å². The zero-order chi connectivity index (χ0) is 19.0. The van der Waals surface area contributed by atoms with Gasteiger partial charge in [0.2, 0.25) is 0 Å². The van der Waals surface area contributed by atoms with Crippen molar-refractivity contribution in [2.75, 3.05) is 6.61 Å². The molecule has 1 N–H and O–H groups in total. The van der Waals surface area contributed by atoms with Gasteiger partial charge in [-0.3, -0.25) is 0 Å². The van der Waals surface area contributed by atoms with Crippen LogP contribution >= 0.6 is 0 Å². The van der Waals surface area contributed by atoms with E-state index in [2.05, 4.69) is 11.4 Å². The SMILES string of the molecule is CC(C)(C)OC(=O)N[C@@H](COc1cccc(C#N)c1)Cc1ccccc1. The zero-order valence-corrected chi connectivity index (χ0v) is 15.4. The van der Waals surface area contributed by atoms with Gasteiger partial charge < -0.3 is 14.8 Å². The largest absolute Gasteiger partial charge is 0.491 e. The van der Waals surface area contributed by atoms with Crippen molar-refractivity contribution < 1.29 is 14.3 Å². The Labute approximate surface area is 154 Å². The Kier molecular flexibility index (Phi) is 6.62. The molecule has 2 rings (SSSR count). The summed E-state index contributed by atoms with van der Waals surface area (Å²) >= 11 is 0. The number of nitrogens with one attached hydrogen (secondary N) is 1. The first-order chi connectivity index (χ1) is 12.4. The topological polar surface area (TPSA) is 71.3 Å². The molecule has 2 aromatic rings. The lowest BCUT2D eigenvalue weighted by atomic mass is 10.1. The molecule has 0 aliphatic rings. The van der Waals surface area contributed by atoms with Gasteiger partial charge in [0.15, 0.2) is 0 Å². The molecule has 1 amide bonds. The van der Waals surface area contributed by atoms with Crippen LogP contribution in [-0.2, 0) is 11.2 Å². The number of carbonyl (C=O) groups is 1. The summed E-state index contributed by atoms with van der Waals surface area (Å²) in [6, 6.07) is 18.6. The fourth-order valence-electron chi connectivity index (χ4n) is 2.38.